The summed E-state index contributed by atoms with van der Waals surface area (Å²) in [6, 6.07) is 4.68. The Hall–Kier alpha value is -3.27. The largest absolute Gasteiger partial charge is 0.349 e. The van der Waals surface area contributed by atoms with Crippen LogP contribution in [0.15, 0.2) is 35.5 Å². The first-order chi connectivity index (χ1) is 15.5. The third kappa shape index (κ3) is 3.26. The van der Waals surface area contributed by atoms with Gasteiger partial charge in [-0.2, -0.15) is 15.2 Å². The second-order valence-electron chi connectivity index (χ2n) is 8.54. The van der Waals surface area contributed by atoms with Crippen molar-refractivity contribution >= 4 is 22.5 Å². The van der Waals surface area contributed by atoms with Crippen LogP contribution >= 0.6 is 0 Å². The Morgan fingerprint density at radius 1 is 1.16 bits per heavy atom. The number of rotatable bonds is 5. The highest BCUT2D eigenvalue weighted by Crippen LogP contribution is 2.32. The summed E-state index contributed by atoms with van der Waals surface area (Å²) in [5.74, 6) is 0.706. The molecule has 32 heavy (non-hydrogen) atoms. The van der Waals surface area contributed by atoms with Gasteiger partial charge in [-0.25, -0.2) is 14.3 Å². The van der Waals surface area contributed by atoms with Crippen molar-refractivity contribution in [2.45, 2.75) is 51.7 Å². The Morgan fingerprint density at radius 3 is 2.75 bits per heavy atom. The van der Waals surface area contributed by atoms with Gasteiger partial charge in [-0.1, -0.05) is 13.8 Å². The summed E-state index contributed by atoms with van der Waals surface area (Å²) in [5.41, 5.74) is 3.24. The predicted octanol–water partition coefficient (Wildman–Crippen LogP) is 2.14. The van der Waals surface area contributed by atoms with Crippen LogP contribution in [0.2, 0.25) is 0 Å². The molecule has 1 unspecified atom stereocenters. The van der Waals surface area contributed by atoms with Crippen molar-refractivity contribution in [2.24, 2.45) is 7.05 Å². The van der Waals surface area contributed by atoms with Gasteiger partial charge < -0.3 is 4.90 Å². The van der Waals surface area contributed by atoms with Crippen LogP contribution < -0.4 is 10.6 Å². The second kappa shape index (κ2) is 8.01. The Morgan fingerprint density at radius 2 is 1.97 bits per heavy atom. The number of fused-ring (bicyclic) bond motifs is 2. The molecule has 4 aromatic rings. The van der Waals surface area contributed by atoms with E-state index in [0.29, 0.717) is 11.9 Å². The Labute approximate surface area is 185 Å². The number of piperazine rings is 1. The molecule has 0 aliphatic carbocycles. The quantitative estimate of drug-likeness (QED) is 0.513. The highest BCUT2D eigenvalue weighted by atomic mass is 16.1. The van der Waals surface area contributed by atoms with Gasteiger partial charge in [-0.15, -0.1) is 0 Å². The smallest absolute Gasteiger partial charge is 0.349 e. The molecular formula is C22H29N9O. The highest BCUT2D eigenvalue weighted by Gasteiger charge is 2.37. The van der Waals surface area contributed by atoms with Gasteiger partial charge in [0.2, 0.25) is 0 Å². The number of hydrogen-bond acceptors (Lipinski definition) is 7. The van der Waals surface area contributed by atoms with Gasteiger partial charge in [0.1, 0.15) is 5.52 Å². The first-order valence-corrected chi connectivity index (χ1v) is 11.2. The molecule has 0 radical (unpaired) electrons. The van der Waals surface area contributed by atoms with Gasteiger partial charge in [-0.05, 0) is 25.8 Å². The van der Waals surface area contributed by atoms with Crippen molar-refractivity contribution in [3.05, 3.63) is 46.9 Å². The molecule has 0 aromatic carbocycles. The molecule has 1 N–H and O–H groups in total. The fraction of sp³-hybridized carbons (Fsp3) is 0.500. The fourth-order valence-electron chi connectivity index (χ4n) is 4.88. The molecule has 1 fully saturated rings. The van der Waals surface area contributed by atoms with Crippen molar-refractivity contribution < 1.29 is 0 Å². The molecular weight excluding hydrogens is 406 g/mol. The zero-order valence-electron chi connectivity index (χ0n) is 18.9. The maximum absolute atomic E-state index is 12.5. The van der Waals surface area contributed by atoms with Gasteiger partial charge in [-0.3, -0.25) is 14.6 Å². The minimum atomic E-state index is -0.258. The van der Waals surface area contributed by atoms with Gasteiger partial charge in [0.15, 0.2) is 11.5 Å². The van der Waals surface area contributed by atoms with Crippen LogP contribution in [0.3, 0.4) is 0 Å². The minimum Gasteiger partial charge on any atom is -0.349 e. The van der Waals surface area contributed by atoms with E-state index in [0.717, 1.165) is 48.3 Å². The van der Waals surface area contributed by atoms with E-state index in [9.17, 15) is 4.79 Å². The standard InChI is InChI=1S/C22H29N9O/c1-5-15-13-30(21-20-18(11-23-27-20)28(4)22(32)26-21)16(6-2)12-29(15)14(3)17-8-10-31-19(25-17)7-9-24-31/h7-11,14-16H,5-6,12-13H2,1-4H3,(H,23,27)/t14?,15-,16+/m1/s1. The van der Waals surface area contributed by atoms with Crippen LogP contribution in [-0.4, -0.2) is 64.4 Å². The number of anilines is 1. The molecule has 3 atom stereocenters. The van der Waals surface area contributed by atoms with Crippen LogP contribution in [-0.2, 0) is 7.05 Å². The van der Waals surface area contributed by atoms with Crippen LogP contribution in [0.4, 0.5) is 5.82 Å². The molecule has 0 saturated carbocycles. The zero-order chi connectivity index (χ0) is 22.4. The fourth-order valence-corrected chi connectivity index (χ4v) is 4.88. The molecule has 5 heterocycles. The Bertz CT molecular complexity index is 1310. The van der Waals surface area contributed by atoms with E-state index in [-0.39, 0.29) is 17.8 Å². The maximum Gasteiger partial charge on any atom is 0.349 e. The van der Waals surface area contributed by atoms with Crippen molar-refractivity contribution in [2.75, 3.05) is 18.0 Å². The average molecular weight is 436 g/mol. The average Bonchev–Trinajstić information content (AvgIpc) is 3.49. The summed E-state index contributed by atoms with van der Waals surface area (Å²) in [7, 11) is 1.73. The number of aromatic amines is 1. The molecule has 168 valence electrons. The third-order valence-electron chi connectivity index (χ3n) is 6.85. The highest BCUT2D eigenvalue weighted by molar-refractivity contribution is 5.85. The van der Waals surface area contributed by atoms with E-state index in [1.54, 1.807) is 24.0 Å². The first-order valence-electron chi connectivity index (χ1n) is 11.2. The molecule has 1 aliphatic rings. The number of aromatic nitrogens is 7. The van der Waals surface area contributed by atoms with Crippen molar-refractivity contribution in [3.63, 3.8) is 0 Å². The molecule has 0 bridgehead atoms. The van der Waals surface area contributed by atoms with E-state index in [1.165, 1.54) is 4.57 Å². The molecule has 0 spiro atoms. The normalized spacial score (nSPS) is 20.9. The van der Waals surface area contributed by atoms with E-state index in [4.69, 9.17) is 4.98 Å². The topological polar surface area (TPSA) is 100 Å². The van der Waals surface area contributed by atoms with Crippen LogP contribution in [0.5, 0.6) is 0 Å². The van der Waals surface area contributed by atoms with Crippen molar-refractivity contribution in [3.8, 4) is 0 Å². The molecule has 10 nitrogen and oxygen atoms in total. The number of hydrogen-bond donors (Lipinski definition) is 1. The lowest BCUT2D eigenvalue weighted by molar-refractivity contribution is 0.0988. The summed E-state index contributed by atoms with van der Waals surface area (Å²) >= 11 is 0. The maximum atomic E-state index is 12.5. The number of H-pyrrole nitrogens is 1. The molecule has 0 amide bonds. The molecule has 1 saturated heterocycles. The van der Waals surface area contributed by atoms with Gasteiger partial charge >= 0.3 is 5.69 Å². The third-order valence-corrected chi connectivity index (χ3v) is 6.85. The SMILES string of the molecule is CC[C@H]1CN(C(C)c2ccn3nccc3n2)[C@H](CC)CN1c1nc(=O)n(C)c2cn[nH]c12. The summed E-state index contributed by atoms with van der Waals surface area (Å²) in [5, 5.41) is 11.5. The van der Waals surface area contributed by atoms with E-state index in [1.807, 2.05) is 12.3 Å². The molecule has 4 aromatic heterocycles. The predicted molar refractivity (Wildman–Crippen MR) is 123 cm³/mol. The zero-order valence-corrected chi connectivity index (χ0v) is 18.9. The molecule has 5 rings (SSSR count). The van der Waals surface area contributed by atoms with Crippen LogP contribution in [0.1, 0.15) is 45.3 Å². The van der Waals surface area contributed by atoms with E-state index < -0.39 is 0 Å². The number of nitrogens with one attached hydrogen (secondary N) is 1. The van der Waals surface area contributed by atoms with Crippen molar-refractivity contribution in [1.29, 1.82) is 0 Å². The molecule has 10 heteroatoms. The summed E-state index contributed by atoms with van der Waals surface area (Å²) in [4.78, 5) is 26.7. The van der Waals surface area contributed by atoms with Crippen molar-refractivity contribution in [1.82, 2.24) is 39.2 Å². The lowest BCUT2D eigenvalue weighted by Crippen LogP contribution is -2.59. The van der Waals surface area contributed by atoms with Gasteiger partial charge in [0.25, 0.3) is 0 Å². The Balaban J connectivity index is 1.49. The van der Waals surface area contributed by atoms with E-state index >= 15 is 0 Å². The lowest BCUT2D eigenvalue weighted by Gasteiger charge is -2.48. The van der Waals surface area contributed by atoms with E-state index in [2.05, 4.69) is 56.9 Å². The second-order valence-corrected chi connectivity index (χ2v) is 8.54. The summed E-state index contributed by atoms with van der Waals surface area (Å²) in [6.07, 6.45) is 7.37. The van der Waals surface area contributed by atoms with Crippen LogP contribution in [0, 0.1) is 0 Å². The number of aryl methyl sites for hydroxylation is 1. The minimum absolute atomic E-state index is 0.167. The van der Waals surface area contributed by atoms with Crippen LogP contribution in [0.25, 0.3) is 16.7 Å². The first kappa shape index (κ1) is 20.6. The number of nitrogens with zero attached hydrogens (tertiary/aromatic N) is 8. The lowest BCUT2D eigenvalue weighted by atomic mass is 9.99. The summed E-state index contributed by atoms with van der Waals surface area (Å²) in [6.45, 7) is 8.29. The van der Waals surface area contributed by atoms with Gasteiger partial charge in [0, 0.05) is 50.5 Å². The summed E-state index contributed by atoms with van der Waals surface area (Å²) < 4.78 is 3.33. The molecule has 1 aliphatic heterocycles. The Kier molecular flexibility index (Phi) is 5.16. The monoisotopic (exact) mass is 435 g/mol. The van der Waals surface area contributed by atoms with Gasteiger partial charge in [0.05, 0.1) is 23.6 Å².